The van der Waals surface area contributed by atoms with Crippen LogP contribution in [0, 0.1) is 0 Å². The van der Waals surface area contributed by atoms with Gasteiger partial charge in [-0.3, -0.25) is 0 Å². The van der Waals surface area contributed by atoms with Crippen molar-refractivity contribution < 1.29 is 0 Å². The Labute approximate surface area is 115 Å². The van der Waals surface area contributed by atoms with Crippen molar-refractivity contribution in [2.75, 3.05) is 11.9 Å². The summed E-state index contributed by atoms with van der Waals surface area (Å²) in [6.07, 6.45) is 6.15. The first-order valence-electron chi connectivity index (χ1n) is 6.85. The number of rotatable bonds is 4. The maximum Gasteiger partial charge on any atom is 0.0459 e. The third-order valence-electron chi connectivity index (χ3n) is 3.86. The second-order valence-electron chi connectivity index (χ2n) is 5.51. The Kier molecular flexibility index (Phi) is 4.52. The van der Waals surface area contributed by atoms with Crippen molar-refractivity contribution in [2.24, 2.45) is 5.73 Å². The van der Waals surface area contributed by atoms with E-state index >= 15 is 0 Å². The molecule has 2 N–H and O–H groups in total. The minimum absolute atomic E-state index is 0.154. The molecule has 1 aromatic rings. The average molecular weight is 267 g/mol. The largest absolute Gasteiger partial charge is 0.372 e. The predicted molar refractivity (Wildman–Crippen MR) is 79.5 cm³/mol. The maximum absolute atomic E-state index is 6.34. The van der Waals surface area contributed by atoms with E-state index in [0.717, 1.165) is 17.0 Å². The Hall–Kier alpha value is -0.730. The summed E-state index contributed by atoms with van der Waals surface area (Å²) in [6, 6.07) is 7.20. The molecule has 1 atom stereocenters. The summed E-state index contributed by atoms with van der Waals surface area (Å²) in [7, 11) is 2.17. The van der Waals surface area contributed by atoms with Crippen LogP contribution in [0.25, 0.3) is 0 Å². The molecule has 1 aliphatic rings. The van der Waals surface area contributed by atoms with E-state index < -0.39 is 0 Å². The molecule has 0 aromatic heterocycles. The molecule has 1 saturated carbocycles. The van der Waals surface area contributed by atoms with E-state index in [-0.39, 0.29) is 6.04 Å². The minimum Gasteiger partial charge on any atom is -0.372 e. The Bertz CT molecular complexity index is 397. The van der Waals surface area contributed by atoms with E-state index in [4.69, 9.17) is 17.3 Å². The summed E-state index contributed by atoms with van der Waals surface area (Å²) in [5, 5.41) is 0.842. The van der Waals surface area contributed by atoms with Crippen molar-refractivity contribution in [1.29, 1.82) is 0 Å². The zero-order valence-corrected chi connectivity index (χ0v) is 12.1. The first-order valence-corrected chi connectivity index (χ1v) is 7.22. The molecule has 2 rings (SSSR count). The van der Waals surface area contributed by atoms with E-state index in [0.29, 0.717) is 6.04 Å². The summed E-state index contributed by atoms with van der Waals surface area (Å²) in [6.45, 7) is 2.01. The maximum atomic E-state index is 6.34. The molecule has 0 heterocycles. The fraction of sp³-hybridized carbons (Fsp3) is 0.600. The SMILES string of the molecule is CC(N)Cc1ccc(N(C)C2CCCC2)cc1Cl. The monoisotopic (exact) mass is 266 g/mol. The quantitative estimate of drug-likeness (QED) is 0.902. The van der Waals surface area contributed by atoms with Crippen LogP contribution >= 0.6 is 11.6 Å². The standard InChI is InChI=1S/C15H23ClN2/c1-11(17)9-12-7-8-14(10-15(12)16)18(2)13-5-3-4-6-13/h7-8,10-11,13H,3-6,9,17H2,1-2H3. The summed E-state index contributed by atoms with van der Waals surface area (Å²) in [5.74, 6) is 0. The molecule has 0 aliphatic heterocycles. The molecule has 2 nitrogen and oxygen atoms in total. The van der Waals surface area contributed by atoms with E-state index in [2.05, 4.69) is 30.1 Å². The van der Waals surface area contributed by atoms with Gasteiger partial charge < -0.3 is 10.6 Å². The normalized spacial score (nSPS) is 18.0. The summed E-state index contributed by atoms with van der Waals surface area (Å²) < 4.78 is 0. The molecule has 0 amide bonds. The van der Waals surface area contributed by atoms with Crippen LogP contribution in [0.1, 0.15) is 38.2 Å². The van der Waals surface area contributed by atoms with E-state index in [9.17, 15) is 0 Å². The highest BCUT2D eigenvalue weighted by Crippen LogP contribution is 2.30. The number of anilines is 1. The number of hydrogen-bond donors (Lipinski definition) is 1. The third-order valence-corrected chi connectivity index (χ3v) is 4.21. The highest BCUT2D eigenvalue weighted by atomic mass is 35.5. The van der Waals surface area contributed by atoms with Crippen molar-refractivity contribution >= 4 is 17.3 Å². The third kappa shape index (κ3) is 3.18. The summed E-state index contributed by atoms with van der Waals surface area (Å²) >= 11 is 6.34. The molecule has 0 saturated heterocycles. The van der Waals surface area contributed by atoms with Crippen LogP contribution < -0.4 is 10.6 Å². The van der Waals surface area contributed by atoms with Crippen molar-refractivity contribution in [3.8, 4) is 0 Å². The van der Waals surface area contributed by atoms with Gasteiger partial charge in [0.1, 0.15) is 0 Å². The smallest absolute Gasteiger partial charge is 0.0459 e. The fourth-order valence-electron chi connectivity index (χ4n) is 2.77. The lowest BCUT2D eigenvalue weighted by atomic mass is 10.1. The van der Waals surface area contributed by atoms with Gasteiger partial charge in [-0.15, -0.1) is 0 Å². The van der Waals surface area contributed by atoms with Gasteiger partial charge in [0.15, 0.2) is 0 Å². The van der Waals surface area contributed by atoms with Gasteiger partial charge in [0.2, 0.25) is 0 Å². The van der Waals surface area contributed by atoms with Gasteiger partial charge in [0.25, 0.3) is 0 Å². The second kappa shape index (κ2) is 5.94. The van der Waals surface area contributed by atoms with Gasteiger partial charge in [-0.25, -0.2) is 0 Å². The number of nitrogens with two attached hydrogens (primary N) is 1. The molecule has 1 aromatic carbocycles. The van der Waals surface area contributed by atoms with Crippen LogP contribution in [0.15, 0.2) is 18.2 Å². The molecule has 0 bridgehead atoms. The van der Waals surface area contributed by atoms with Crippen molar-refractivity contribution in [3.63, 3.8) is 0 Å². The van der Waals surface area contributed by atoms with Crippen LogP contribution in [0.4, 0.5) is 5.69 Å². The first kappa shape index (κ1) is 13.7. The lowest BCUT2D eigenvalue weighted by Crippen LogP contribution is -2.28. The first-order chi connectivity index (χ1) is 8.58. The topological polar surface area (TPSA) is 29.3 Å². The number of halogens is 1. The molecular weight excluding hydrogens is 244 g/mol. The Balaban J connectivity index is 2.12. The molecule has 0 spiro atoms. The highest BCUT2D eigenvalue weighted by Gasteiger charge is 2.20. The lowest BCUT2D eigenvalue weighted by Gasteiger charge is -2.27. The molecule has 1 unspecified atom stereocenters. The molecule has 1 aliphatic carbocycles. The minimum atomic E-state index is 0.154. The molecule has 1 fully saturated rings. The van der Waals surface area contributed by atoms with Crippen LogP contribution in [-0.4, -0.2) is 19.1 Å². The highest BCUT2D eigenvalue weighted by molar-refractivity contribution is 6.31. The molecule has 0 radical (unpaired) electrons. The Morgan fingerprint density at radius 3 is 2.61 bits per heavy atom. The van der Waals surface area contributed by atoms with Crippen LogP contribution in [0.3, 0.4) is 0 Å². The molecule has 3 heteroatoms. The zero-order chi connectivity index (χ0) is 13.1. The summed E-state index contributed by atoms with van der Waals surface area (Å²) in [5.41, 5.74) is 8.19. The summed E-state index contributed by atoms with van der Waals surface area (Å²) in [4.78, 5) is 2.37. The van der Waals surface area contributed by atoms with Gasteiger partial charge in [-0.05, 0) is 43.9 Å². The second-order valence-corrected chi connectivity index (χ2v) is 5.91. The van der Waals surface area contributed by atoms with Crippen LogP contribution in [0.5, 0.6) is 0 Å². The Morgan fingerprint density at radius 2 is 2.06 bits per heavy atom. The number of nitrogens with zero attached hydrogens (tertiary/aromatic N) is 1. The van der Waals surface area contributed by atoms with Crippen LogP contribution in [-0.2, 0) is 6.42 Å². The van der Waals surface area contributed by atoms with Gasteiger partial charge in [0.05, 0.1) is 0 Å². The lowest BCUT2D eigenvalue weighted by molar-refractivity contribution is 0.653. The van der Waals surface area contributed by atoms with E-state index in [1.54, 1.807) is 0 Å². The number of benzene rings is 1. The molecule has 18 heavy (non-hydrogen) atoms. The van der Waals surface area contributed by atoms with Crippen molar-refractivity contribution in [3.05, 3.63) is 28.8 Å². The van der Waals surface area contributed by atoms with Gasteiger partial charge in [0, 0.05) is 29.8 Å². The van der Waals surface area contributed by atoms with Gasteiger partial charge >= 0.3 is 0 Å². The zero-order valence-electron chi connectivity index (χ0n) is 11.3. The predicted octanol–water partition coefficient (Wildman–Crippen LogP) is 3.61. The average Bonchev–Trinajstić information content (AvgIpc) is 2.84. The molecular formula is C15H23ClN2. The fourth-order valence-corrected chi connectivity index (χ4v) is 3.02. The van der Waals surface area contributed by atoms with E-state index in [1.165, 1.54) is 31.4 Å². The number of hydrogen-bond acceptors (Lipinski definition) is 2. The van der Waals surface area contributed by atoms with Gasteiger partial charge in [-0.1, -0.05) is 30.5 Å². The van der Waals surface area contributed by atoms with Crippen LogP contribution in [0.2, 0.25) is 5.02 Å². The Morgan fingerprint density at radius 1 is 1.39 bits per heavy atom. The van der Waals surface area contributed by atoms with E-state index in [1.807, 2.05) is 6.92 Å². The van der Waals surface area contributed by atoms with Crippen molar-refractivity contribution in [1.82, 2.24) is 0 Å². The molecule has 100 valence electrons. The van der Waals surface area contributed by atoms with Gasteiger partial charge in [-0.2, -0.15) is 0 Å². The van der Waals surface area contributed by atoms with Crippen molar-refractivity contribution in [2.45, 2.75) is 51.1 Å².